The Hall–Kier alpha value is -0.990. The summed E-state index contributed by atoms with van der Waals surface area (Å²) in [6.07, 6.45) is 0.654. The molecule has 0 radical (unpaired) electrons. The monoisotopic (exact) mass is 461 g/mol. The van der Waals surface area contributed by atoms with Gasteiger partial charge in [-0.3, -0.25) is 0 Å². The van der Waals surface area contributed by atoms with Gasteiger partial charge in [0.05, 0.1) is 4.90 Å². The van der Waals surface area contributed by atoms with Crippen molar-refractivity contribution in [3.05, 3.63) is 65.0 Å². The third-order valence-corrected chi connectivity index (χ3v) is 6.60. The minimum Gasteiger partial charge on any atom is -0.208 e. The van der Waals surface area contributed by atoms with E-state index in [1.807, 2.05) is 13.0 Å². The molecule has 0 fully saturated rings. The van der Waals surface area contributed by atoms with E-state index >= 15 is 0 Å². The lowest BCUT2D eigenvalue weighted by Crippen LogP contribution is -2.33. The number of aryl methyl sites for hydroxylation is 2. The second-order valence-electron chi connectivity index (χ2n) is 5.99. The highest BCUT2D eigenvalue weighted by Gasteiger charge is 2.21. The molecule has 0 heterocycles. The lowest BCUT2D eigenvalue weighted by atomic mass is 9.97. The molecule has 2 aromatic rings. The highest BCUT2D eigenvalue weighted by molar-refractivity contribution is 14.1. The Morgan fingerprint density at radius 3 is 2.29 bits per heavy atom. The molecule has 2 aromatic carbocycles. The first-order valence-corrected chi connectivity index (χ1v) is 10.4. The smallest absolute Gasteiger partial charge is 0.208 e. The molecule has 0 aliphatic heterocycles. The maximum absolute atomic E-state index is 13.3. The first-order valence-electron chi connectivity index (χ1n) is 7.69. The number of nitrogens with one attached hydrogen (secondary N) is 1. The first kappa shape index (κ1) is 19.3. The van der Waals surface area contributed by atoms with Gasteiger partial charge in [-0.25, -0.2) is 17.5 Å². The average molecular weight is 461 g/mol. The van der Waals surface area contributed by atoms with Gasteiger partial charge in [0.2, 0.25) is 10.0 Å². The summed E-state index contributed by atoms with van der Waals surface area (Å²) in [6.45, 7) is 5.96. The van der Waals surface area contributed by atoms with Crippen LogP contribution in [0.15, 0.2) is 47.4 Å². The lowest BCUT2D eigenvalue weighted by Gasteiger charge is -2.21. The van der Waals surface area contributed by atoms with Crippen molar-refractivity contribution in [1.29, 1.82) is 0 Å². The van der Waals surface area contributed by atoms with Gasteiger partial charge in [0, 0.05) is 9.97 Å². The Kier molecular flexibility index (Phi) is 6.39. The molecule has 2 atom stereocenters. The zero-order valence-corrected chi connectivity index (χ0v) is 16.9. The Bertz CT molecular complexity index is 803. The zero-order valence-electron chi connectivity index (χ0n) is 13.9. The molecular weight excluding hydrogens is 440 g/mol. The molecule has 3 nitrogen and oxygen atoms in total. The van der Waals surface area contributed by atoms with Crippen LogP contribution in [0.5, 0.6) is 0 Å². The van der Waals surface area contributed by atoms with Crippen molar-refractivity contribution in [1.82, 2.24) is 4.72 Å². The van der Waals surface area contributed by atoms with Crippen LogP contribution in [0.25, 0.3) is 0 Å². The second kappa shape index (κ2) is 7.93. The SMILES string of the molecule is Cc1cccc(C)c1C(I)CC(C)NS(=O)(=O)c1cccc(F)c1. The molecule has 0 aromatic heterocycles. The topological polar surface area (TPSA) is 46.2 Å². The largest absolute Gasteiger partial charge is 0.240 e. The van der Waals surface area contributed by atoms with E-state index in [0.29, 0.717) is 6.42 Å². The van der Waals surface area contributed by atoms with Crippen LogP contribution in [0.4, 0.5) is 4.39 Å². The molecule has 0 saturated carbocycles. The molecule has 0 saturated heterocycles. The van der Waals surface area contributed by atoms with Crippen molar-refractivity contribution in [3.8, 4) is 0 Å². The summed E-state index contributed by atoms with van der Waals surface area (Å²) in [4.78, 5) is -0.0496. The van der Waals surface area contributed by atoms with E-state index < -0.39 is 15.8 Å². The highest BCUT2D eigenvalue weighted by Crippen LogP contribution is 2.33. The molecule has 1 N–H and O–H groups in total. The van der Waals surface area contributed by atoms with Gasteiger partial charge in [0.25, 0.3) is 0 Å². The summed E-state index contributed by atoms with van der Waals surface area (Å²) in [5.41, 5.74) is 3.65. The maximum Gasteiger partial charge on any atom is 0.240 e. The number of alkyl halides is 1. The Labute approximate surface area is 156 Å². The minimum atomic E-state index is -3.72. The molecule has 0 bridgehead atoms. The predicted octanol–water partition coefficient (Wildman–Crippen LogP) is 4.68. The third kappa shape index (κ3) is 4.77. The van der Waals surface area contributed by atoms with Crippen LogP contribution < -0.4 is 4.72 Å². The number of hydrogen-bond acceptors (Lipinski definition) is 2. The van der Waals surface area contributed by atoms with Gasteiger partial charge in [-0.05, 0) is 62.1 Å². The van der Waals surface area contributed by atoms with E-state index in [1.165, 1.54) is 34.9 Å². The molecule has 2 unspecified atom stereocenters. The van der Waals surface area contributed by atoms with Crippen LogP contribution >= 0.6 is 22.6 Å². The Balaban J connectivity index is 2.11. The van der Waals surface area contributed by atoms with Crippen molar-refractivity contribution in [2.24, 2.45) is 0 Å². The minimum absolute atomic E-state index is 0.0496. The van der Waals surface area contributed by atoms with E-state index in [2.05, 4.69) is 53.3 Å². The number of halogens is 2. The molecule has 0 aliphatic carbocycles. The van der Waals surface area contributed by atoms with Crippen molar-refractivity contribution in [2.75, 3.05) is 0 Å². The summed E-state index contributed by atoms with van der Waals surface area (Å²) >= 11 is 2.35. The molecule has 2 rings (SSSR count). The normalized spacial score (nSPS) is 14.4. The van der Waals surface area contributed by atoms with Gasteiger partial charge in [-0.1, -0.05) is 46.9 Å². The Morgan fingerprint density at radius 1 is 1.12 bits per heavy atom. The Morgan fingerprint density at radius 2 is 1.71 bits per heavy atom. The van der Waals surface area contributed by atoms with Crippen molar-refractivity contribution < 1.29 is 12.8 Å². The van der Waals surface area contributed by atoms with Gasteiger partial charge in [-0.15, -0.1) is 0 Å². The standard InChI is InChI=1S/C18H21FINO2S/c1-12-6-4-7-13(2)18(12)17(20)10-14(3)21-24(22,23)16-9-5-8-15(19)11-16/h4-9,11,14,17,21H,10H2,1-3H3. The van der Waals surface area contributed by atoms with Gasteiger partial charge in [-0.2, -0.15) is 0 Å². The zero-order chi connectivity index (χ0) is 17.9. The van der Waals surface area contributed by atoms with E-state index in [9.17, 15) is 12.8 Å². The maximum atomic E-state index is 13.3. The van der Waals surface area contributed by atoms with E-state index in [0.717, 1.165) is 6.07 Å². The van der Waals surface area contributed by atoms with Gasteiger partial charge in [0.1, 0.15) is 5.82 Å². The summed E-state index contributed by atoms with van der Waals surface area (Å²) in [6, 6.07) is 10.9. The molecule has 6 heteroatoms. The predicted molar refractivity (Wildman–Crippen MR) is 103 cm³/mol. The van der Waals surface area contributed by atoms with E-state index in [1.54, 1.807) is 0 Å². The fraction of sp³-hybridized carbons (Fsp3) is 0.333. The fourth-order valence-corrected chi connectivity index (χ4v) is 5.80. The van der Waals surface area contributed by atoms with Crippen molar-refractivity contribution in [2.45, 2.75) is 42.1 Å². The van der Waals surface area contributed by atoms with Crippen LogP contribution in [-0.2, 0) is 10.0 Å². The second-order valence-corrected chi connectivity index (χ2v) is 9.21. The number of benzene rings is 2. The summed E-state index contributed by atoms with van der Waals surface area (Å²) in [5, 5.41) is 0. The fourth-order valence-electron chi connectivity index (χ4n) is 2.76. The van der Waals surface area contributed by atoms with Crippen LogP contribution in [-0.4, -0.2) is 14.5 Å². The number of sulfonamides is 1. The summed E-state index contributed by atoms with van der Waals surface area (Å²) < 4.78 is 40.8. The van der Waals surface area contributed by atoms with Gasteiger partial charge >= 0.3 is 0 Å². The van der Waals surface area contributed by atoms with Crippen LogP contribution in [0.3, 0.4) is 0 Å². The van der Waals surface area contributed by atoms with Gasteiger partial charge < -0.3 is 0 Å². The van der Waals surface area contributed by atoms with Crippen LogP contribution in [0.1, 0.15) is 34.0 Å². The summed E-state index contributed by atoms with van der Waals surface area (Å²) in [7, 11) is -3.72. The lowest BCUT2D eigenvalue weighted by molar-refractivity contribution is 0.545. The van der Waals surface area contributed by atoms with Crippen LogP contribution in [0, 0.1) is 19.7 Å². The van der Waals surface area contributed by atoms with E-state index in [-0.39, 0.29) is 14.9 Å². The van der Waals surface area contributed by atoms with Crippen molar-refractivity contribution >= 4 is 32.6 Å². The average Bonchev–Trinajstić information content (AvgIpc) is 2.46. The molecule has 0 aliphatic rings. The number of hydrogen-bond donors (Lipinski definition) is 1. The van der Waals surface area contributed by atoms with Gasteiger partial charge in [0.15, 0.2) is 0 Å². The highest BCUT2D eigenvalue weighted by atomic mass is 127. The molecule has 24 heavy (non-hydrogen) atoms. The first-order chi connectivity index (χ1) is 11.2. The molecular formula is C18H21FINO2S. The third-order valence-electron chi connectivity index (χ3n) is 3.88. The number of rotatable bonds is 6. The van der Waals surface area contributed by atoms with Crippen molar-refractivity contribution in [3.63, 3.8) is 0 Å². The molecule has 0 amide bonds. The molecule has 0 spiro atoms. The molecule has 130 valence electrons. The van der Waals surface area contributed by atoms with Crippen LogP contribution in [0.2, 0.25) is 0 Å². The quantitative estimate of drug-likeness (QED) is 0.502. The van der Waals surface area contributed by atoms with E-state index in [4.69, 9.17) is 0 Å². The summed E-state index contributed by atoms with van der Waals surface area (Å²) in [5.74, 6) is -0.562.